The van der Waals surface area contributed by atoms with Gasteiger partial charge in [0.15, 0.2) is 0 Å². The first-order valence-electron chi connectivity index (χ1n) is 7.62. The first kappa shape index (κ1) is 19.0. The summed E-state index contributed by atoms with van der Waals surface area (Å²) in [6, 6.07) is 7.37. The zero-order valence-electron chi connectivity index (χ0n) is 13.4. The Morgan fingerprint density at radius 3 is 2.87 bits per heavy atom. The summed E-state index contributed by atoms with van der Waals surface area (Å²) >= 11 is 3.32. The first-order valence-corrected chi connectivity index (χ1v) is 8.41. The van der Waals surface area contributed by atoms with Gasteiger partial charge in [0.2, 0.25) is 0 Å². The van der Waals surface area contributed by atoms with Crippen LogP contribution >= 0.6 is 15.9 Å². The number of aromatic amines is 1. The van der Waals surface area contributed by atoms with Crippen LogP contribution in [0.15, 0.2) is 39.7 Å². The largest absolute Gasteiger partial charge is 0.494 e. The Morgan fingerprint density at radius 1 is 1.35 bits per heavy atom. The molecule has 1 aromatic heterocycles. The summed E-state index contributed by atoms with van der Waals surface area (Å²) in [5, 5.41) is 3.14. The Bertz CT molecular complexity index is 646. The van der Waals surface area contributed by atoms with E-state index in [-0.39, 0.29) is 5.69 Å². The van der Waals surface area contributed by atoms with Crippen LogP contribution in [0.5, 0.6) is 5.75 Å². The van der Waals surface area contributed by atoms with Crippen molar-refractivity contribution in [2.24, 2.45) is 0 Å². The maximum Gasteiger partial charge on any atom is 0.346 e. The Labute approximate surface area is 144 Å². The number of anilines is 2. The van der Waals surface area contributed by atoms with Gasteiger partial charge in [0, 0.05) is 18.3 Å². The minimum Gasteiger partial charge on any atom is -0.494 e. The van der Waals surface area contributed by atoms with Crippen molar-refractivity contribution in [2.45, 2.75) is 26.7 Å². The van der Waals surface area contributed by atoms with Gasteiger partial charge in [-0.15, -0.1) is 0 Å². The molecule has 0 amide bonds. The van der Waals surface area contributed by atoms with Crippen LogP contribution in [-0.4, -0.2) is 23.1 Å². The number of halogens is 1. The molecule has 0 atom stereocenters. The minimum atomic E-state index is -0.370. The maximum atomic E-state index is 11.1. The topological polar surface area (TPSA) is 93.0 Å². The highest BCUT2D eigenvalue weighted by molar-refractivity contribution is 9.10. The van der Waals surface area contributed by atoms with E-state index in [1.165, 1.54) is 6.20 Å². The summed E-state index contributed by atoms with van der Waals surface area (Å²) in [6.45, 7) is 5.36. The molecule has 1 heterocycles. The molecule has 0 aliphatic rings. The molecule has 126 valence electrons. The fourth-order valence-electron chi connectivity index (χ4n) is 1.74. The number of nitrogens with zero attached hydrogens (tertiary/aromatic N) is 1. The standard InChI is InChI=1S/C14H17BrN4O2.C2H6/c15-12-9-18-14(20)19-13(12)17-6-1-2-7-21-11-5-3-4-10(16)8-11;1-2/h3-5,8-9H,1-2,6-7,16H2,(H2,17,18,19,20);1-2H3. The van der Waals surface area contributed by atoms with Crippen LogP contribution in [0, 0.1) is 0 Å². The lowest BCUT2D eigenvalue weighted by atomic mass is 10.3. The second kappa shape index (κ2) is 10.7. The molecule has 2 aromatic rings. The molecule has 0 bridgehead atoms. The second-order valence-electron chi connectivity index (χ2n) is 4.47. The van der Waals surface area contributed by atoms with E-state index in [9.17, 15) is 4.79 Å². The van der Waals surface area contributed by atoms with Crippen molar-refractivity contribution >= 4 is 27.4 Å². The molecule has 0 saturated heterocycles. The summed E-state index contributed by atoms with van der Waals surface area (Å²) in [4.78, 5) is 17.3. The number of aromatic nitrogens is 2. The molecule has 4 N–H and O–H groups in total. The highest BCUT2D eigenvalue weighted by atomic mass is 79.9. The number of benzene rings is 1. The zero-order valence-corrected chi connectivity index (χ0v) is 15.0. The van der Waals surface area contributed by atoms with Gasteiger partial charge in [0.25, 0.3) is 0 Å². The van der Waals surface area contributed by atoms with Crippen molar-refractivity contribution in [2.75, 3.05) is 24.2 Å². The lowest BCUT2D eigenvalue weighted by Crippen LogP contribution is -2.14. The molecule has 0 aliphatic heterocycles. The molecule has 1 aromatic carbocycles. The van der Waals surface area contributed by atoms with E-state index < -0.39 is 0 Å². The number of nitrogens with two attached hydrogens (primary N) is 1. The van der Waals surface area contributed by atoms with Gasteiger partial charge in [-0.3, -0.25) is 4.98 Å². The monoisotopic (exact) mass is 382 g/mol. The van der Waals surface area contributed by atoms with Crippen LogP contribution in [-0.2, 0) is 0 Å². The molecule has 7 heteroatoms. The third-order valence-corrected chi connectivity index (χ3v) is 3.37. The van der Waals surface area contributed by atoms with Crippen molar-refractivity contribution in [1.82, 2.24) is 9.97 Å². The van der Waals surface area contributed by atoms with Crippen molar-refractivity contribution < 1.29 is 4.74 Å². The van der Waals surface area contributed by atoms with E-state index in [4.69, 9.17) is 10.5 Å². The Morgan fingerprint density at radius 2 is 2.13 bits per heavy atom. The van der Waals surface area contributed by atoms with E-state index in [2.05, 4.69) is 31.2 Å². The van der Waals surface area contributed by atoms with Crippen molar-refractivity contribution in [3.05, 3.63) is 45.4 Å². The fourth-order valence-corrected chi connectivity index (χ4v) is 2.08. The summed E-state index contributed by atoms with van der Waals surface area (Å²) in [5.74, 6) is 1.43. The molecule has 0 unspecified atom stereocenters. The molecule has 23 heavy (non-hydrogen) atoms. The predicted octanol–water partition coefficient (Wildman–Crippen LogP) is 3.41. The van der Waals surface area contributed by atoms with Gasteiger partial charge in [-0.25, -0.2) is 9.78 Å². The van der Waals surface area contributed by atoms with Crippen molar-refractivity contribution in [3.63, 3.8) is 0 Å². The van der Waals surface area contributed by atoms with Gasteiger partial charge >= 0.3 is 5.69 Å². The summed E-state index contributed by atoms with van der Waals surface area (Å²) in [5.41, 5.74) is 6.00. The van der Waals surface area contributed by atoms with Gasteiger partial charge in [0.05, 0.1) is 17.3 Å². The van der Waals surface area contributed by atoms with E-state index in [0.29, 0.717) is 18.1 Å². The number of hydrogen-bond acceptors (Lipinski definition) is 5. The molecular formula is C16H23BrN4O2. The quantitative estimate of drug-likeness (QED) is 0.503. The number of hydrogen-bond donors (Lipinski definition) is 3. The Hall–Kier alpha value is -2.02. The van der Waals surface area contributed by atoms with E-state index in [0.717, 1.165) is 29.6 Å². The van der Waals surface area contributed by atoms with Gasteiger partial charge < -0.3 is 15.8 Å². The molecule has 0 fully saturated rings. The highest BCUT2D eigenvalue weighted by Crippen LogP contribution is 2.16. The molecule has 2 rings (SSSR count). The van der Waals surface area contributed by atoms with Gasteiger partial charge in [-0.2, -0.15) is 0 Å². The number of ether oxygens (including phenoxy) is 1. The molecule has 0 radical (unpaired) electrons. The fraction of sp³-hybridized carbons (Fsp3) is 0.375. The third kappa shape index (κ3) is 7.19. The number of H-pyrrole nitrogens is 1. The van der Waals surface area contributed by atoms with Crippen molar-refractivity contribution in [3.8, 4) is 5.75 Å². The lowest BCUT2D eigenvalue weighted by Gasteiger charge is -2.09. The zero-order chi connectivity index (χ0) is 17.1. The number of unbranched alkanes of at least 4 members (excludes halogenated alkanes) is 1. The van der Waals surface area contributed by atoms with Crippen LogP contribution < -0.4 is 21.5 Å². The predicted molar refractivity (Wildman–Crippen MR) is 98.0 cm³/mol. The minimum absolute atomic E-state index is 0.370. The van der Waals surface area contributed by atoms with Gasteiger partial charge in [-0.05, 0) is 40.9 Å². The summed E-state index contributed by atoms with van der Waals surface area (Å²) in [7, 11) is 0. The highest BCUT2D eigenvalue weighted by Gasteiger charge is 2.00. The normalized spacial score (nSPS) is 9.70. The smallest absolute Gasteiger partial charge is 0.346 e. The summed E-state index contributed by atoms with van der Waals surface area (Å²) in [6.07, 6.45) is 3.29. The SMILES string of the molecule is CC.Nc1cccc(OCCCCNc2[nH]c(=O)ncc2Br)c1. The lowest BCUT2D eigenvalue weighted by molar-refractivity contribution is 0.308. The average Bonchev–Trinajstić information content (AvgIpc) is 2.56. The third-order valence-electron chi connectivity index (χ3n) is 2.77. The Kier molecular flexibility index (Phi) is 8.82. The number of nitrogen functional groups attached to an aromatic ring is 1. The molecule has 6 nitrogen and oxygen atoms in total. The average molecular weight is 383 g/mol. The van der Waals surface area contributed by atoms with Crippen LogP contribution in [0.4, 0.5) is 11.5 Å². The maximum absolute atomic E-state index is 11.1. The van der Waals surface area contributed by atoms with Gasteiger partial charge in [-0.1, -0.05) is 19.9 Å². The van der Waals surface area contributed by atoms with E-state index in [1.807, 2.05) is 32.0 Å². The summed E-state index contributed by atoms with van der Waals surface area (Å²) < 4.78 is 6.33. The van der Waals surface area contributed by atoms with Gasteiger partial charge in [0.1, 0.15) is 11.6 Å². The Balaban J connectivity index is 0.00000127. The molecule has 0 spiro atoms. The van der Waals surface area contributed by atoms with E-state index >= 15 is 0 Å². The van der Waals surface area contributed by atoms with E-state index in [1.54, 1.807) is 6.07 Å². The van der Waals surface area contributed by atoms with Crippen LogP contribution in [0.25, 0.3) is 0 Å². The van der Waals surface area contributed by atoms with Crippen LogP contribution in [0.3, 0.4) is 0 Å². The molecule has 0 aliphatic carbocycles. The molecular weight excluding hydrogens is 360 g/mol. The van der Waals surface area contributed by atoms with Crippen molar-refractivity contribution in [1.29, 1.82) is 0 Å². The molecule has 0 saturated carbocycles. The number of rotatable bonds is 7. The second-order valence-corrected chi connectivity index (χ2v) is 5.32. The first-order chi connectivity index (χ1) is 11.1. The van der Waals surface area contributed by atoms with Crippen LogP contribution in [0.1, 0.15) is 26.7 Å². The number of nitrogens with one attached hydrogen (secondary N) is 2. The van der Waals surface area contributed by atoms with Crippen LogP contribution in [0.2, 0.25) is 0 Å².